The van der Waals surface area contributed by atoms with Gasteiger partial charge in [-0.3, -0.25) is 9.69 Å². The van der Waals surface area contributed by atoms with Crippen molar-refractivity contribution in [3.8, 4) is 27.8 Å². The predicted molar refractivity (Wildman–Crippen MR) is 132 cm³/mol. The first-order chi connectivity index (χ1) is 16.1. The minimum atomic E-state index is -0.00219. The number of amides is 1. The molecule has 1 aliphatic heterocycles. The van der Waals surface area contributed by atoms with Crippen LogP contribution in [0.4, 0.5) is 0 Å². The van der Waals surface area contributed by atoms with Crippen LogP contribution in [0, 0.1) is 0 Å². The van der Waals surface area contributed by atoms with Gasteiger partial charge in [0.2, 0.25) is 11.7 Å². The van der Waals surface area contributed by atoms with Crippen LogP contribution in [0.5, 0.6) is 17.2 Å². The van der Waals surface area contributed by atoms with Crippen molar-refractivity contribution < 1.29 is 19.0 Å². The minimum absolute atomic E-state index is 0.00219. The van der Waals surface area contributed by atoms with Crippen molar-refractivity contribution in [3.05, 3.63) is 51.7 Å². The summed E-state index contributed by atoms with van der Waals surface area (Å²) in [6, 6.07) is 7.79. The van der Waals surface area contributed by atoms with E-state index in [4.69, 9.17) is 19.2 Å². The molecular formula is C24H27N3O4S2. The third kappa shape index (κ3) is 5.55. The summed E-state index contributed by atoms with van der Waals surface area (Å²) in [7, 11) is 4.71. The number of rotatable bonds is 8. The molecule has 174 valence electrons. The molecule has 0 spiro atoms. The van der Waals surface area contributed by atoms with Crippen LogP contribution >= 0.6 is 22.7 Å². The first-order valence-corrected chi connectivity index (χ1v) is 12.3. The van der Waals surface area contributed by atoms with Gasteiger partial charge in [-0.2, -0.15) is 0 Å². The Morgan fingerprint density at radius 2 is 1.79 bits per heavy atom. The van der Waals surface area contributed by atoms with E-state index in [1.165, 1.54) is 4.88 Å². The number of benzene rings is 1. The number of methoxy groups -OCH3 is 3. The molecule has 7 nitrogen and oxygen atoms in total. The third-order valence-electron chi connectivity index (χ3n) is 5.47. The normalized spacial score (nSPS) is 14.6. The van der Waals surface area contributed by atoms with Gasteiger partial charge in [-0.25, -0.2) is 4.98 Å². The standard InChI is InChI=1S/C24H27N3O4S2/c1-29-19-13-17(14-20(30-2)24(19)31-3)6-7-23(28)27-10-8-26(9-11-27)15-22-25-18(16-33-22)21-5-4-12-32-21/h4-7,12-14,16H,8-11,15H2,1-3H3/b7-6-. The smallest absolute Gasteiger partial charge is 0.246 e. The Hall–Kier alpha value is -2.88. The van der Waals surface area contributed by atoms with E-state index in [0.29, 0.717) is 30.3 Å². The monoisotopic (exact) mass is 485 g/mol. The second-order valence-electron chi connectivity index (χ2n) is 7.50. The number of aromatic nitrogens is 1. The zero-order chi connectivity index (χ0) is 23.2. The largest absolute Gasteiger partial charge is 0.493 e. The summed E-state index contributed by atoms with van der Waals surface area (Å²) in [5.74, 6) is 1.64. The molecule has 1 fully saturated rings. The van der Waals surface area contributed by atoms with Crippen molar-refractivity contribution in [1.29, 1.82) is 0 Å². The fraction of sp³-hybridized carbons (Fsp3) is 0.333. The number of nitrogens with zero attached hydrogens (tertiary/aromatic N) is 3. The molecule has 1 aliphatic rings. The van der Waals surface area contributed by atoms with Crippen LogP contribution in [0.15, 0.2) is 41.1 Å². The van der Waals surface area contributed by atoms with Gasteiger partial charge in [0, 0.05) is 37.6 Å². The van der Waals surface area contributed by atoms with Gasteiger partial charge < -0.3 is 19.1 Å². The number of piperazine rings is 1. The molecule has 0 saturated carbocycles. The Balaban J connectivity index is 1.32. The Kier molecular flexibility index (Phi) is 7.64. The van der Waals surface area contributed by atoms with E-state index in [2.05, 4.69) is 21.7 Å². The number of hydrogen-bond acceptors (Lipinski definition) is 8. The van der Waals surface area contributed by atoms with Gasteiger partial charge in [0.15, 0.2) is 11.5 Å². The molecule has 4 rings (SSSR count). The van der Waals surface area contributed by atoms with Crippen molar-refractivity contribution in [2.75, 3.05) is 47.5 Å². The topological polar surface area (TPSA) is 64.1 Å². The molecule has 0 N–H and O–H groups in total. The van der Waals surface area contributed by atoms with Crippen molar-refractivity contribution in [2.24, 2.45) is 0 Å². The summed E-state index contributed by atoms with van der Waals surface area (Å²) in [6.45, 7) is 3.87. The highest BCUT2D eigenvalue weighted by Crippen LogP contribution is 2.38. The van der Waals surface area contributed by atoms with Gasteiger partial charge in [0.25, 0.3) is 0 Å². The van der Waals surface area contributed by atoms with E-state index >= 15 is 0 Å². The average Bonchev–Trinajstić information content (AvgIpc) is 3.54. The minimum Gasteiger partial charge on any atom is -0.493 e. The average molecular weight is 486 g/mol. The highest BCUT2D eigenvalue weighted by Gasteiger charge is 2.21. The first-order valence-electron chi connectivity index (χ1n) is 10.6. The van der Waals surface area contributed by atoms with Gasteiger partial charge in [0.1, 0.15) is 5.01 Å². The lowest BCUT2D eigenvalue weighted by atomic mass is 10.1. The zero-order valence-corrected chi connectivity index (χ0v) is 20.6. The van der Waals surface area contributed by atoms with E-state index in [-0.39, 0.29) is 5.91 Å². The quantitative estimate of drug-likeness (QED) is 0.445. The summed E-state index contributed by atoms with van der Waals surface area (Å²) in [5.41, 5.74) is 1.86. The number of thiazole rings is 1. The van der Waals surface area contributed by atoms with Crippen LogP contribution in [0.25, 0.3) is 16.6 Å². The summed E-state index contributed by atoms with van der Waals surface area (Å²) < 4.78 is 16.1. The van der Waals surface area contributed by atoms with E-state index in [1.54, 1.807) is 56.2 Å². The summed E-state index contributed by atoms with van der Waals surface area (Å²) in [4.78, 5) is 22.9. The Morgan fingerprint density at radius 3 is 2.39 bits per heavy atom. The molecule has 0 bridgehead atoms. The number of hydrogen-bond donors (Lipinski definition) is 0. The van der Waals surface area contributed by atoms with E-state index in [1.807, 2.05) is 23.1 Å². The van der Waals surface area contributed by atoms with Crippen molar-refractivity contribution in [1.82, 2.24) is 14.8 Å². The molecule has 0 aliphatic carbocycles. The summed E-state index contributed by atoms with van der Waals surface area (Å²) >= 11 is 3.40. The predicted octanol–water partition coefficient (Wildman–Crippen LogP) is 4.26. The molecular weight excluding hydrogens is 458 g/mol. The van der Waals surface area contributed by atoms with E-state index in [0.717, 1.165) is 35.9 Å². The van der Waals surface area contributed by atoms with Crippen LogP contribution in [0.2, 0.25) is 0 Å². The molecule has 0 unspecified atom stereocenters. The van der Waals surface area contributed by atoms with E-state index in [9.17, 15) is 4.79 Å². The first kappa shape index (κ1) is 23.3. The molecule has 9 heteroatoms. The second-order valence-corrected chi connectivity index (χ2v) is 9.39. The van der Waals surface area contributed by atoms with Crippen LogP contribution in [0.1, 0.15) is 10.6 Å². The maximum atomic E-state index is 12.7. The maximum Gasteiger partial charge on any atom is 0.246 e. The molecule has 0 atom stereocenters. The number of carbonyl (C=O) groups excluding carboxylic acids is 1. The van der Waals surface area contributed by atoms with Crippen molar-refractivity contribution >= 4 is 34.7 Å². The SMILES string of the molecule is COc1cc(/C=C\C(=O)N2CCN(Cc3nc(-c4cccs4)cs3)CC2)cc(OC)c1OC. The Morgan fingerprint density at radius 1 is 1.06 bits per heavy atom. The zero-order valence-electron chi connectivity index (χ0n) is 18.9. The molecule has 1 aromatic carbocycles. The highest BCUT2D eigenvalue weighted by molar-refractivity contribution is 7.14. The Labute approximate surface area is 201 Å². The van der Waals surface area contributed by atoms with E-state index < -0.39 is 0 Å². The molecule has 33 heavy (non-hydrogen) atoms. The summed E-state index contributed by atoms with van der Waals surface area (Å²) in [6.07, 6.45) is 3.38. The van der Waals surface area contributed by atoms with Crippen LogP contribution in [-0.4, -0.2) is 68.2 Å². The Bertz CT molecular complexity index is 1080. The maximum absolute atomic E-state index is 12.7. The lowest BCUT2D eigenvalue weighted by molar-refractivity contribution is -0.127. The molecule has 1 saturated heterocycles. The second kappa shape index (κ2) is 10.8. The van der Waals surface area contributed by atoms with Crippen LogP contribution in [-0.2, 0) is 11.3 Å². The molecule has 0 radical (unpaired) electrons. The summed E-state index contributed by atoms with van der Waals surface area (Å²) in [5, 5.41) is 5.30. The fourth-order valence-electron chi connectivity index (χ4n) is 3.71. The third-order valence-corrected chi connectivity index (χ3v) is 7.20. The lowest BCUT2D eigenvalue weighted by Gasteiger charge is -2.33. The number of ether oxygens (including phenoxy) is 3. The van der Waals surface area contributed by atoms with Gasteiger partial charge in [-0.15, -0.1) is 22.7 Å². The molecule has 2 aromatic heterocycles. The van der Waals surface area contributed by atoms with Crippen molar-refractivity contribution in [3.63, 3.8) is 0 Å². The molecule has 1 amide bonds. The lowest BCUT2D eigenvalue weighted by Crippen LogP contribution is -2.47. The van der Waals surface area contributed by atoms with Gasteiger partial charge in [0.05, 0.1) is 38.4 Å². The molecule has 3 heterocycles. The van der Waals surface area contributed by atoms with Gasteiger partial charge in [-0.05, 0) is 35.2 Å². The van der Waals surface area contributed by atoms with Crippen molar-refractivity contribution in [2.45, 2.75) is 6.54 Å². The molecule has 3 aromatic rings. The van der Waals surface area contributed by atoms with Crippen LogP contribution < -0.4 is 14.2 Å². The van der Waals surface area contributed by atoms with Gasteiger partial charge >= 0.3 is 0 Å². The van der Waals surface area contributed by atoms with Crippen LogP contribution in [0.3, 0.4) is 0 Å². The highest BCUT2D eigenvalue weighted by atomic mass is 32.1. The number of thiophene rings is 1. The number of carbonyl (C=O) groups is 1. The van der Waals surface area contributed by atoms with Gasteiger partial charge in [-0.1, -0.05) is 6.07 Å². The fourth-order valence-corrected chi connectivity index (χ4v) is 5.31.